The van der Waals surface area contributed by atoms with Crippen LogP contribution in [0.2, 0.25) is 0 Å². The molecule has 2 aromatic rings. The van der Waals surface area contributed by atoms with Crippen LogP contribution in [0.4, 0.5) is 0 Å². The zero-order valence-electron chi connectivity index (χ0n) is 8.37. The summed E-state index contributed by atoms with van der Waals surface area (Å²) in [5.41, 5.74) is 2.99. The molecule has 82 valence electrons. The van der Waals surface area contributed by atoms with Crippen molar-refractivity contribution >= 4 is 5.91 Å². The van der Waals surface area contributed by atoms with Gasteiger partial charge in [0.05, 0.1) is 6.54 Å². The van der Waals surface area contributed by atoms with Crippen LogP contribution in [0.1, 0.15) is 15.9 Å². The maximum Gasteiger partial charge on any atom is 0.274 e. The zero-order chi connectivity index (χ0) is 11.4. The van der Waals surface area contributed by atoms with Crippen molar-refractivity contribution in [3.05, 3.63) is 48.0 Å². The molecule has 0 radical (unpaired) electrons. The van der Waals surface area contributed by atoms with Gasteiger partial charge in [-0.05, 0) is 17.7 Å². The highest BCUT2D eigenvalue weighted by Gasteiger charge is 2.03. The third-order valence-corrected chi connectivity index (χ3v) is 2.13. The topological polar surface area (TPSA) is 80.0 Å². The molecule has 2 N–H and O–H groups in total. The van der Waals surface area contributed by atoms with E-state index < -0.39 is 5.91 Å². The maximum atomic E-state index is 11.1. The summed E-state index contributed by atoms with van der Waals surface area (Å²) in [6.07, 6.45) is 3.09. The van der Waals surface area contributed by atoms with E-state index in [4.69, 9.17) is 5.21 Å². The molecule has 6 nitrogen and oxygen atoms in total. The van der Waals surface area contributed by atoms with Gasteiger partial charge in [0, 0.05) is 5.56 Å². The summed E-state index contributed by atoms with van der Waals surface area (Å²) in [6.45, 7) is 0.598. The van der Waals surface area contributed by atoms with Crippen molar-refractivity contribution in [2.24, 2.45) is 0 Å². The molecule has 1 aromatic heterocycles. The highest BCUT2D eigenvalue weighted by atomic mass is 16.5. The number of benzene rings is 1. The summed E-state index contributed by atoms with van der Waals surface area (Å²) in [5.74, 6) is -0.521. The van der Waals surface area contributed by atoms with Gasteiger partial charge in [-0.15, -0.1) is 0 Å². The van der Waals surface area contributed by atoms with E-state index in [-0.39, 0.29) is 0 Å². The molecule has 0 saturated heterocycles. The molecule has 0 unspecified atom stereocenters. The summed E-state index contributed by atoms with van der Waals surface area (Å²) in [4.78, 5) is 14.9. The zero-order valence-corrected chi connectivity index (χ0v) is 8.37. The quantitative estimate of drug-likeness (QED) is 0.579. The van der Waals surface area contributed by atoms with E-state index in [1.807, 2.05) is 0 Å². The molecular formula is C10H10N4O2. The van der Waals surface area contributed by atoms with Crippen molar-refractivity contribution in [2.75, 3.05) is 0 Å². The first-order chi connectivity index (χ1) is 7.79. The van der Waals surface area contributed by atoms with Gasteiger partial charge in [0.2, 0.25) is 0 Å². The molecule has 1 heterocycles. The van der Waals surface area contributed by atoms with E-state index in [9.17, 15) is 4.79 Å². The highest BCUT2D eigenvalue weighted by Crippen LogP contribution is 2.05. The molecule has 0 saturated carbocycles. The van der Waals surface area contributed by atoms with Crippen LogP contribution >= 0.6 is 0 Å². The van der Waals surface area contributed by atoms with Gasteiger partial charge in [0.1, 0.15) is 12.7 Å². The SMILES string of the molecule is O=C(NO)c1ccc(Cn2cncn2)cc1. The predicted octanol–water partition coefficient (Wildman–Crippen LogP) is 0.445. The van der Waals surface area contributed by atoms with Crippen LogP contribution in [-0.2, 0) is 6.54 Å². The van der Waals surface area contributed by atoms with Crippen molar-refractivity contribution in [1.29, 1.82) is 0 Å². The Bertz CT molecular complexity index is 464. The molecule has 1 amide bonds. The molecule has 0 aliphatic rings. The first-order valence-electron chi connectivity index (χ1n) is 4.65. The third kappa shape index (κ3) is 2.23. The van der Waals surface area contributed by atoms with E-state index in [0.29, 0.717) is 12.1 Å². The van der Waals surface area contributed by atoms with Gasteiger partial charge in [0.25, 0.3) is 5.91 Å². The molecule has 0 spiro atoms. The molecule has 6 heteroatoms. The Hall–Kier alpha value is -2.21. The number of nitrogens with zero attached hydrogens (tertiary/aromatic N) is 3. The van der Waals surface area contributed by atoms with Crippen molar-refractivity contribution in [2.45, 2.75) is 6.54 Å². The van der Waals surface area contributed by atoms with Crippen LogP contribution in [0, 0.1) is 0 Å². The van der Waals surface area contributed by atoms with Gasteiger partial charge in [-0.3, -0.25) is 10.0 Å². The lowest BCUT2D eigenvalue weighted by molar-refractivity contribution is 0.0706. The Morgan fingerprint density at radius 2 is 2.12 bits per heavy atom. The Labute approximate surface area is 91.5 Å². The van der Waals surface area contributed by atoms with Crippen LogP contribution in [0.15, 0.2) is 36.9 Å². The van der Waals surface area contributed by atoms with Crippen LogP contribution < -0.4 is 5.48 Å². The van der Waals surface area contributed by atoms with Gasteiger partial charge in [0.15, 0.2) is 0 Å². The van der Waals surface area contributed by atoms with Crippen molar-refractivity contribution < 1.29 is 10.0 Å². The van der Waals surface area contributed by atoms with Crippen molar-refractivity contribution in [3.63, 3.8) is 0 Å². The average molecular weight is 218 g/mol. The number of hydrogen-bond acceptors (Lipinski definition) is 4. The van der Waals surface area contributed by atoms with Gasteiger partial charge < -0.3 is 0 Å². The highest BCUT2D eigenvalue weighted by molar-refractivity contribution is 5.93. The summed E-state index contributed by atoms with van der Waals surface area (Å²) >= 11 is 0. The van der Waals surface area contributed by atoms with E-state index in [0.717, 1.165) is 5.56 Å². The summed E-state index contributed by atoms with van der Waals surface area (Å²) in [5, 5.41) is 12.4. The fourth-order valence-electron chi connectivity index (χ4n) is 1.33. The third-order valence-electron chi connectivity index (χ3n) is 2.13. The Morgan fingerprint density at radius 1 is 1.38 bits per heavy atom. The largest absolute Gasteiger partial charge is 0.288 e. The number of amides is 1. The number of rotatable bonds is 3. The molecule has 1 aromatic carbocycles. The Kier molecular flexibility index (Phi) is 2.93. The normalized spacial score (nSPS) is 10.1. The Balaban J connectivity index is 2.10. The van der Waals surface area contributed by atoms with Gasteiger partial charge >= 0.3 is 0 Å². The second-order valence-corrected chi connectivity index (χ2v) is 3.23. The van der Waals surface area contributed by atoms with E-state index >= 15 is 0 Å². The predicted molar refractivity (Wildman–Crippen MR) is 54.8 cm³/mol. The lowest BCUT2D eigenvalue weighted by Gasteiger charge is -2.02. The first-order valence-corrected chi connectivity index (χ1v) is 4.65. The second kappa shape index (κ2) is 4.54. The number of hydrogen-bond donors (Lipinski definition) is 2. The smallest absolute Gasteiger partial charge is 0.274 e. The molecule has 0 fully saturated rings. The molecule has 16 heavy (non-hydrogen) atoms. The van der Waals surface area contributed by atoms with Crippen molar-refractivity contribution in [3.8, 4) is 0 Å². The fourth-order valence-corrected chi connectivity index (χ4v) is 1.33. The molecule has 0 aliphatic heterocycles. The number of hydroxylamine groups is 1. The number of nitrogens with one attached hydrogen (secondary N) is 1. The van der Waals surface area contributed by atoms with E-state index in [1.54, 1.807) is 40.8 Å². The number of carbonyl (C=O) groups excluding carboxylic acids is 1. The van der Waals surface area contributed by atoms with Crippen LogP contribution in [0.3, 0.4) is 0 Å². The lowest BCUT2D eigenvalue weighted by atomic mass is 10.1. The monoisotopic (exact) mass is 218 g/mol. The van der Waals surface area contributed by atoms with Gasteiger partial charge in [-0.2, -0.15) is 5.10 Å². The molecule has 0 bridgehead atoms. The Morgan fingerprint density at radius 3 is 2.69 bits per heavy atom. The minimum absolute atomic E-state index is 0.407. The van der Waals surface area contributed by atoms with Gasteiger partial charge in [-0.1, -0.05) is 12.1 Å². The van der Waals surface area contributed by atoms with Crippen molar-refractivity contribution in [1.82, 2.24) is 20.2 Å². The average Bonchev–Trinajstić information content (AvgIpc) is 2.82. The first kappa shape index (κ1) is 10.3. The fraction of sp³-hybridized carbons (Fsp3) is 0.100. The van der Waals surface area contributed by atoms with Crippen LogP contribution in [0.5, 0.6) is 0 Å². The van der Waals surface area contributed by atoms with E-state index in [1.165, 1.54) is 6.33 Å². The molecule has 0 atom stereocenters. The second-order valence-electron chi connectivity index (χ2n) is 3.23. The van der Waals surface area contributed by atoms with Crippen LogP contribution in [-0.4, -0.2) is 25.9 Å². The number of aromatic nitrogens is 3. The summed E-state index contributed by atoms with van der Waals surface area (Å²) in [6, 6.07) is 6.87. The minimum atomic E-state index is -0.521. The lowest BCUT2D eigenvalue weighted by Crippen LogP contribution is -2.18. The molecule has 0 aliphatic carbocycles. The molecular weight excluding hydrogens is 208 g/mol. The number of carbonyl (C=O) groups is 1. The van der Waals surface area contributed by atoms with Crippen LogP contribution in [0.25, 0.3) is 0 Å². The standard InChI is InChI=1S/C10H10N4O2/c15-10(13-16)9-3-1-8(2-4-9)5-14-7-11-6-12-14/h1-4,6-7,16H,5H2,(H,13,15). The molecule has 2 rings (SSSR count). The summed E-state index contributed by atoms with van der Waals surface area (Å²) in [7, 11) is 0. The summed E-state index contributed by atoms with van der Waals surface area (Å²) < 4.78 is 1.68. The maximum absolute atomic E-state index is 11.1. The van der Waals surface area contributed by atoms with E-state index in [2.05, 4.69) is 10.1 Å². The van der Waals surface area contributed by atoms with Gasteiger partial charge in [-0.25, -0.2) is 15.1 Å². The minimum Gasteiger partial charge on any atom is -0.288 e.